The number of benzene rings is 3. The molecule has 9 N–H and O–H groups in total. The second kappa shape index (κ2) is 15.9. The number of hydrogen-bond donors (Lipinski definition) is 6. The lowest BCUT2D eigenvalue weighted by Gasteiger charge is -2.25. The molecule has 0 aromatic heterocycles. The molecule has 3 rings (SSSR count). The quantitative estimate of drug-likeness (QED) is 0.153. The predicted octanol–water partition coefficient (Wildman–Crippen LogP) is 1.44. The molecule has 0 aliphatic carbocycles. The summed E-state index contributed by atoms with van der Waals surface area (Å²) in [6.07, 6.45) is 1.64. The molecule has 0 bridgehead atoms. The van der Waals surface area contributed by atoms with E-state index in [1.807, 2.05) is 24.3 Å². The van der Waals surface area contributed by atoms with Crippen LogP contribution in [0.3, 0.4) is 0 Å². The number of nitrogens with one attached hydrogen (secondary N) is 3. The summed E-state index contributed by atoms with van der Waals surface area (Å²) in [7, 11) is 0. The zero-order valence-electron chi connectivity index (χ0n) is 22.9. The van der Waals surface area contributed by atoms with Gasteiger partial charge in [0.25, 0.3) is 5.91 Å². The lowest BCUT2D eigenvalue weighted by atomic mass is 10.0. The van der Waals surface area contributed by atoms with Crippen molar-refractivity contribution < 1.29 is 19.2 Å². The minimum atomic E-state index is -1.08. The van der Waals surface area contributed by atoms with E-state index >= 15 is 0 Å². The fourth-order valence-electron chi connectivity index (χ4n) is 4.40. The largest absolute Gasteiger partial charge is 0.368 e. The van der Waals surface area contributed by atoms with Crippen LogP contribution < -0.4 is 33.2 Å². The van der Waals surface area contributed by atoms with Crippen molar-refractivity contribution in [1.82, 2.24) is 16.0 Å². The molecule has 0 unspecified atom stereocenters. The van der Waals surface area contributed by atoms with Crippen molar-refractivity contribution in [2.45, 2.75) is 50.4 Å². The van der Waals surface area contributed by atoms with E-state index in [9.17, 15) is 19.2 Å². The molecule has 216 valence electrons. The number of carbonyl (C=O) groups is 4. The Morgan fingerprint density at radius 2 is 1.32 bits per heavy atom. The van der Waals surface area contributed by atoms with E-state index in [1.54, 1.807) is 60.7 Å². The molecular formula is C31H38N6O4. The van der Waals surface area contributed by atoms with Crippen LogP contribution in [0.4, 0.5) is 0 Å². The van der Waals surface area contributed by atoms with Crippen LogP contribution in [0.5, 0.6) is 0 Å². The zero-order chi connectivity index (χ0) is 29.6. The summed E-state index contributed by atoms with van der Waals surface area (Å²) in [6.45, 7) is 0.746. The Bertz CT molecular complexity index is 1300. The zero-order valence-corrected chi connectivity index (χ0v) is 22.9. The molecular weight excluding hydrogens is 520 g/mol. The van der Waals surface area contributed by atoms with Crippen LogP contribution >= 0.6 is 0 Å². The molecule has 0 heterocycles. The molecule has 0 saturated carbocycles. The average Bonchev–Trinajstić information content (AvgIpc) is 2.99. The third-order valence-electron chi connectivity index (χ3n) is 6.61. The molecule has 10 nitrogen and oxygen atoms in total. The Balaban J connectivity index is 1.84. The molecule has 0 radical (unpaired) electrons. The van der Waals surface area contributed by atoms with Gasteiger partial charge in [0.05, 0.1) is 0 Å². The molecule has 4 amide bonds. The van der Waals surface area contributed by atoms with Gasteiger partial charge in [-0.3, -0.25) is 19.2 Å². The maximum atomic E-state index is 13.7. The lowest BCUT2D eigenvalue weighted by Crippen LogP contribution is -2.55. The SMILES string of the molecule is NCCCC[C@H](NC(=O)[C@H](Cc1cccc(CN)c1)NC(=O)c1ccccc1)C(=O)N[C@H](C(N)=O)c1ccccc1. The maximum absolute atomic E-state index is 13.7. The monoisotopic (exact) mass is 558 g/mol. The van der Waals surface area contributed by atoms with Gasteiger partial charge in [-0.25, -0.2) is 0 Å². The summed E-state index contributed by atoms with van der Waals surface area (Å²) < 4.78 is 0. The highest BCUT2D eigenvalue weighted by Gasteiger charge is 2.30. The number of rotatable bonds is 15. The van der Waals surface area contributed by atoms with E-state index in [2.05, 4.69) is 16.0 Å². The standard InChI is InChI=1S/C31H38N6O4/c32-17-8-7-16-25(30(40)37-27(28(34)38)23-12-3-1-4-13-23)35-31(41)26(19-21-10-9-11-22(18-21)20-33)36-29(39)24-14-5-2-6-15-24/h1-6,9-15,18,25-27H,7-8,16-17,19-20,32-33H2,(H2,34,38)(H,35,41)(H,36,39)(H,37,40)/t25-,26-,27-/m0/s1. The second-order valence-electron chi connectivity index (χ2n) is 9.72. The smallest absolute Gasteiger partial charge is 0.251 e. The van der Waals surface area contributed by atoms with Gasteiger partial charge in [-0.2, -0.15) is 0 Å². The molecule has 3 aromatic rings. The van der Waals surface area contributed by atoms with E-state index in [0.29, 0.717) is 37.1 Å². The number of primary amides is 1. The first-order valence-corrected chi connectivity index (χ1v) is 13.6. The van der Waals surface area contributed by atoms with Crippen LogP contribution in [-0.4, -0.2) is 42.3 Å². The van der Waals surface area contributed by atoms with Crippen molar-refractivity contribution in [3.8, 4) is 0 Å². The third-order valence-corrected chi connectivity index (χ3v) is 6.61. The summed E-state index contributed by atoms with van der Waals surface area (Å²) in [5.74, 6) is -2.27. The number of carbonyl (C=O) groups excluding carboxylic acids is 4. The summed E-state index contributed by atoms with van der Waals surface area (Å²) in [6, 6.07) is 21.5. The van der Waals surface area contributed by atoms with Gasteiger partial charge < -0.3 is 33.2 Å². The van der Waals surface area contributed by atoms with Gasteiger partial charge in [-0.1, -0.05) is 72.8 Å². The van der Waals surface area contributed by atoms with Crippen LogP contribution in [0.15, 0.2) is 84.9 Å². The molecule has 0 aliphatic heterocycles. The first kappa shape index (κ1) is 31.0. The van der Waals surface area contributed by atoms with Crippen LogP contribution in [0.1, 0.15) is 52.4 Å². The molecule has 10 heteroatoms. The molecule has 3 atom stereocenters. The van der Waals surface area contributed by atoms with E-state index in [0.717, 1.165) is 11.1 Å². The van der Waals surface area contributed by atoms with Gasteiger partial charge in [-0.05, 0) is 54.6 Å². The van der Waals surface area contributed by atoms with Crippen LogP contribution in [-0.2, 0) is 27.3 Å². The topological polar surface area (TPSA) is 182 Å². The van der Waals surface area contributed by atoms with Crippen molar-refractivity contribution in [2.75, 3.05) is 6.54 Å². The fraction of sp³-hybridized carbons (Fsp3) is 0.290. The van der Waals surface area contributed by atoms with Gasteiger partial charge in [0.2, 0.25) is 17.7 Å². The number of unbranched alkanes of at least 4 members (excludes halogenated alkanes) is 1. The highest BCUT2D eigenvalue weighted by molar-refractivity contribution is 5.98. The maximum Gasteiger partial charge on any atom is 0.251 e. The van der Waals surface area contributed by atoms with Crippen molar-refractivity contribution >= 4 is 23.6 Å². The van der Waals surface area contributed by atoms with E-state index < -0.39 is 41.8 Å². The summed E-state index contributed by atoms with van der Waals surface area (Å²) in [5, 5.41) is 8.28. The third kappa shape index (κ3) is 9.55. The van der Waals surface area contributed by atoms with Crippen LogP contribution in [0.25, 0.3) is 0 Å². The summed E-state index contributed by atoms with van der Waals surface area (Å²) >= 11 is 0. The Labute approximate surface area is 240 Å². The van der Waals surface area contributed by atoms with Crippen LogP contribution in [0.2, 0.25) is 0 Å². The minimum Gasteiger partial charge on any atom is -0.368 e. The second-order valence-corrected chi connectivity index (χ2v) is 9.72. The summed E-state index contributed by atoms with van der Waals surface area (Å²) in [5.41, 5.74) is 19.6. The van der Waals surface area contributed by atoms with Gasteiger partial charge in [-0.15, -0.1) is 0 Å². The van der Waals surface area contributed by atoms with Gasteiger partial charge in [0, 0.05) is 18.5 Å². The van der Waals surface area contributed by atoms with Crippen molar-refractivity contribution in [3.63, 3.8) is 0 Å². The highest BCUT2D eigenvalue weighted by atomic mass is 16.2. The Kier molecular flexibility index (Phi) is 12.0. The molecule has 41 heavy (non-hydrogen) atoms. The molecule has 0 spiro atoms. The fourth-order valence-corrected chi connectivity index (χ4v) is 4.40. The predicted molar refractivity (Wildman–Crippen MR) is 157 cm³/mol. The molecule has 0 fully saturated rings. The minimum absolute atomic E-state index is 0.170. The van der Waals surface area contributed by atoms with E-state index in [4.69, 9.17) is 17.2 Å². The van der Waals surface area contributed by atoms with Gasteiger partial charge in [0.1, 0.15) is 18.1 Å². The van der Waals surface area contributed by atoms with Gasteiger partial charge in [0.15, 0.2) is 0 Å². The Hall–Kier alpha value is -4.54. The van der Waals surface area contributed by atoms with Crippen molar-refractivity contribution in [3.05, 3.63) is 107 Å². The number of nitrogens with two attached hydrogens (primary N) is 3. The van der Waals surface area contributed by atoms with E-state index in [1.165, 1.54) is 0 Å². The first-order valence-electron chi connectivity index (χ1n) is 13.6. The molecule has 0 saturated heterocycles. The Morgan fingerprint density at radius 1 is 0.683 bits per heavy atom. The normalized spacial score (nSPS) is 12.9. The van der Waals surface area contributed by atoms with Crippen molar-refractivity contribution in [1.29, 1.82) is 0 Å². The van der Waals surface area contributed by atoms with Crippen LogP contribution in [0, 0.1) is 0 Å². The molecule has 0 aliphatic rings. The average molecular weight is 559 g/mol. The number of amides is 4. The first-order chi connectivity index (χ1) is 19.8. The van der Waals surface area contributed by atoms with Gasteiger partial charge >= 0.3 is 0 Å². The van der Waals surface area contributed by atoms with E-state index in [-0.39, 0.29) is 12.8 Å². The summed E-state index contributed by atoms with van der Waals surface area (Å²) in [4.78, 5) is 52.3. The van der Waals surface area contributed by atoms with Crippen molar-refractivity contribution in [2.24, 2.45) is 17.2 Å². The molecule has 3 aromatic carbocycles. The number of hydrogen-bond acceptors (Lipinski definition) is 6. The lowest BCUT2D eigenvalue weighted by molar-refractivity contribution is -0.132. The Morgan fingerprint density at radius 3 is 1.95 bits per heavy atom. The highest BCUT2D eigenvalue weighted by Crippen LogP contribution is 2.14.